The van der Waals surface area contributed by atoms with Gasteiger partial charge in [-0.2, -0.15) is 11.3 Å². The first kappa shape index (κ1) is 16.9. The van der Waals surface area contributed by atoms with Crippen LogP contribution in [0.25, 0.3) is 0 Å². The van der Waals surface area contributed by atoms with Crippen LogP contribution in [0.2, 0.25) is 0 Å². The van der Waals surface area contributed by atoms with Gasteiger partial charge in [-0.1, -0.05) is 6.92 Å². The lowest BCUT2D eigenvalue weighted by atomic mass is 9.89. The van der Waals surface area contributed by atoms with Gasteiger partial charge >= 0.3 is 0 Å². The Morgan fingerprint density at radius 1 is 1.29 bits per heavy atom. The van der Waals surface area contributed by atoms with Crippen LogP contribution in [0.5, 0.6) is 0 Å². The Bertz CT molecular complexity index is 377. The van der Waals surface area contributed by atoms with E-state index in [2.05, 4.69) is 12.2 Å². The minimum atomic E-state index is -0.515. The van der Waals surface area contributed by atoms with E-state index in [1.54, 1.807) is 11.3 Å². The van der Waals surface area contributed by atoms with Crippen LogP contribution >= 0.6 is 11.3 Å². The SMILES string of the molecule is CC1CCC(OCC(O)CNCC(O)c2ccsc2)CC1. The molecule has 1 aromatic heterocycles. The molecule has 1 fully saturated rings. The highest BCUT2D eigenvalue weighted by Gasteiger charge is 2.19. The minimum absolute atomic E-state index is 0.312. The highest BCUT2D eigenvalue weighted by atomic mass is 32.1. The third kappa shape index (κ3) is 6.04. The predicted octanol–water partition coefficient (Wildman–Crippen LogP) is 2.33. The molecule has 1 saturated carbocycles. The average Bonchev–Trinajstić information content (AvgIpc) is 3.01. The Hall–Kier alpha value is -0.460. The van der Waals surface area contributed by atoms with E-state index in [9.17, 15) is 10.2 Å². The summed E-state index contributed by atoms with van der Waals surface area (Å²) in [6, 6.07) is 1.92. The lowest BCUT2D eigenvalue weighted by Gasteiger charge is -2.27. The Kier molecular flexibility index (Phi) is 7.13. The van der Waals surface area contributed by atoms with E-state index in [4.69, 9.17) is 4.74 Å². The summed E-state index contributed by atoms with van der Waals surface area (Å²) in [4.78, 5) is 0. The molecule has 1 heterocycles. The molecule has 21 heavy (non-hydrogen) atoms. The zero-order valence-electron chi connectivity index (χ0n) is 12.7. The van der Waals surface area contributed by atoms with Gasteiger partial charge < -0.3 is 20.3 Å². The maximum absolute atomic E-state index is 9.91. The molecule has 120 valence electrons. The fourth-order valence-electron chi connectivity index (χ4n) is 2.67. The van der Waals surface area contributed by atoms with Crippen LogP contribution < -0.4 is 5.32 Å². The van der Waals surface area contributed by atoms with Crippen molar-refractivity contribution >= 4 is 11.3 Å². The number of nitrogens with one attached hydrogen (secondary N) is 1. The van der Waals surface area contributed by atoms with Gasteiger partial charge in [0.1, 0.15) is 0 Å². The van der Waals surface area contributed by atoms with Crippen LogP contribution in [0.15, 0.2) is 16.8 Å². The zero-order valence-corrected chi connectivity index (χ0v) is 13.5. The van der Waals surface area contributed by atoms with Gasteiger partial charge in [0, 0.05) is 13.1 Å². The Morgan fingerprint density at radius 2 is 2.05 bits per heavy atom. The van der Waals surface area contributed by atoms with Crippen LogP contribution in [0.3, 0.4) is 0 Å². The first-order valence-electron chi connectivity index (χ1n) is 7.85. The molecule has 2 atom stereocenters. The predicted molar refractivity (Wildman–Crippen MR) is 85.5 cm³/mol. The van der Waals surface area contributed by atoms with E-state index >= 15 is 0 Å². The first-order valence-corrected chi connectivity index (χ1v) is 8.80. The number of hydrogen-bond acceptors (Lipinski definition) is 5. The van der Waals surface area contributed by atoms with Crippen molar-refractivity contribution in [2.75, 3.05) is 19.7 Å². The molecule has 0 bridgehead atoms. The van der Waals surface area contributed by atoms with E-state index in [0.717, 1.165) is 24.3 Å². The first-order chi connectivity index (χ1) is 10.1. The third-order valence-corrected chi connectivity index (χ3v) is 4.83. The molecule has 0 aliphatic heterocycles. The van der Waals surface area contributed by atoms with E-state index in [1.165, 1.54) is 12.8 Å². The number of aliphatic hydroxyl groups is 2. The highest BCUT2D eigenvalue weighted by molar-refractivity contribution is 7.07. The van der Waals surface area contributed by atoms with Crippen molar-refractivity contribution < 1.29 is 14.9 Å². The average molecular weight is 313 g/mol. The van der Waals surface area contributed by atoms with E-state index < -0.39 is 12.2 Å². The highest BCUT2D eigenvalue weighted by Crippen LogP contribution is 2.25. The third-order valence-electron chi connectivity index (χ3n) is 4.13. The fourth-order valence-corrected chi connectivity index (χ4v) is 3.38. The number of rotatable bonds is 8. The molecule has 4 nitrogen and oxygen atoms in total. The molecule has 2 unspecified atom stereocenters. The van der Waals surface area contributed by atoms with Gasteiger partial charge in [-0.05, 0) is 54.0 Å². The molecule has 1 aliphatic carbocycles. The molecule has 0 aromatic carbocycles. The van der Waals surface area contributed by atoms with Crippen molar-refractivity contribution in [1.82, 2.24) is 5.32 Å². The van der Waals surface area contributed by atoms with Crippen LogP contribution in [0.4, 0.5) is 0 Å². The van der Waals surface area contributed by atoms with Crippen molar-refractivity contribution in [3.05, 3.63) is 22.4 Å². The largest absolute Gasteiger partial charge is 0.389 e. The molecule has 5 heteroatoms. The molecule has 1 aliphatic rings. The Balaban J connectivity index is 1.54. The number of ether oxygens (including phenoxy) is 1. The van der Waals surface area contributed by atoms with E-state index in [1.807, 2.05) is 16.8 Å². The monoisotopic (exact) mass is 313 g/mol. The van der Waals surface area contributed by atoms with Crippen molar-refractivity contribution in [2.45, 2.75) is 50.9 Å². The lowest BCUT2D eigenvalue weighted by molar-refractivity contribution is -0.0283. The van der Waals surface area contributed by atoms with E-state index in [0.29, 0.717) is 25.8 Å². The lowest BCUT2D eigenvalue weighted by Crippen LogP contribution is -2.34. The Labute approximate surface area is 131 Å². The minimum Gasteiger partial charge on any atom is -0.389 e. The summed E-state index contributed by atoms with van der Waals surface area (Å²) in [6.07, 6.45) is 3.96. The van der Waals surface area contributed by atoms with Gasteiger partial charge in [-0.15, -0.1) is 0 Å². The second-order valence-corrected chi connectivity index (χ2v) is 6.88. The summed E-state index contributed by atoms with van der Waals surface area (Å²) in [5, 5.41) is 26.8. The van der Waals surface area contributed by atoms with Crippen molar-refractivity contribution in [1.29, 1.82) is 0 Å². The quantitative estimate of drug-likeness (QED) is 0.689. The molecule has 1 aromatic rings. The summed E-state index contributed by atoms with van der Waals surface area (Å²) < 4.78 is 5.77. The van der Waals surface area contributed by atoms with Crippen LogP contribution in [0.1, 0.15) is 44.3 Å². The van der Waals surface area contributed by atoms with Gasteiger partial charge in [-0.3, -0.25) is 0 Å². The van der Waals surface area contributed by atoms with Crippen molar-refractivity contribution in [3.63, 3.8) is 0 Å². The Morgan fingerprint density at radius 3 is 2.71 bits per heavy atom. The van der Waals surface area contributed by atoms with Gasteiger partial charge in [-0.25, -0.2) is 0 Å². The summed E-state index contributed by atoms with van der Waals surface area (Å²) in [5.74, 6) is 0.815. The zero-order chi connectivity index (χ0) is 15.1. The summed E-state index contributed by atoms with van der Waals surface area (Å²) >= 11 is 1.57. The van der Waals surface area contributed by atoms with Crippen molar-refractivity contribution in [3.8, 4) is 0 Å². The molecular weight excluding hydrogens is 286 g/mol. The molecule has 0 amide bonds. The molecule has 0 saturated heterocycles. The second-order valence-electron chi connectivity index (χ2n) is 6.10. The van der Waals surface area contributed by atoms with Gasteiger partial charge in [0.05, 0.1) is 24.9 Å². The number of thiophene rings is 1. The van der Waals surface area contributed by atoms with Gasteiger partial charge in [0.2, 0.25) is 0 Å². The second kappa shape index (κ2) is 8.86. The molecule has 0 spiro atoms. The number of aliphatic hydroxyl groups excluding tert-OH is 2. The molecular formula is C16H27NO3S. The summed E-state index contributed by atoms with van der Waals surface area (Å²) in [6.45, 7) is 3.56. The van der Waals surface area contributed by atoms with Crippen molar-refractivity contribution in [2.24, 2.45) is 5.92 Å². The maximum Gasteiger partial charge on any atom is 0.0922 e. The molecule has 3 N–H and O–H groups in total. The smallest absolute Gasteiger partial charge is 0.0922 e. The number of hydrogen-bond donors (Lipinski definition) is 3. The van der Waals surface area contributed by atoms with Crippen LogP contribution in [-0.2, 0) is 4.74 Å². The normalized spacial score (nSPS) is 25.7. The van der Waals surface area contributed by atoms with E-state index in [-0.39, 0.29) is 0 Å². The summed E-state index contributed by atoms with van der Waals surface area (Å²) in [5.41, 5.74) is 0.926. The van der Waals surface area contributed by atoms with Crippen LogP contribution in [-0.4, -0.2) is 42.1 Å². The fraction of sp³-hybridized carbons (Fsp3) is 0.750. The maximum atomic E-state index is 9.91. The standard InChI is InChI=1S/C16H27NO3S/c1-12-2-4-15(5-3-12)20-10-14(18)8-17-9-16(19)13-6-7-21-11-13/h6-7,11-12,14-19H,2-5,8-10H2,1H3. The van der Waals surface area contributed by atoms with Gasteiger partial charge in [0.15, 0.2) is 0 Å². The molecule has 2 rings (SSSR count). The summed E-state index contributed by atoms with van der Waals surface area (Å²) in [7, 11) is 0. The van der Waals surface area contributed by atoms with Crippen LogP contribution in [0, 0.1) is 5.92 Å². The molecule has 0 radical (unpaired) electrons. The van der Waals surface area contributed by atoms with Gasteiger partial charge in [0.25, 0.3) is 0 Å². The topological polar surface area (TPSA) is 61.7 Å².